The van der Waals surface area contributed by atoms with Gasteiger partial charge in [0.1, 0.15) is 4.83 Å². The molecule has 0 amide bonds. The van der Waals surface area contributed by atoms with Crippen LogP contribution in [-0.2, 0) is 0 Å². The molecular weight excluding hydrogens is 361 g/mol. The number of nitrogens with zero attached hydrogens (tertiary/aromatic N) is 4. The third kappa shape index (κ3) is 1.97. The van der Waals surface area contributed by atoms with Gasteiger partial charge < -0.3 is 5.32 Å². The zero-order chi connectivity index (χ0) is 12.7. The molecule has 0 aliphatic carbocycles. The Hall–Kier alpha value is -1.22. The van der Waals surface area contributed by atoms with Crippen molar-refractivity contribution in [3.05, 3.63) is 26.9 Å². The predicted octanol–water partition coefficient (Wildman–Crippen LogP) is 2.83. The second-order valence-corrected chi connectivity index (χ2v) is 6.28. The second kappa shape index (κ2) is 4.47. The van der Waals surface area contributed by atoms with Gasteiger partial charge in [-0.15, -0.1) is 11.3 Å². The highest BCUT2D eigenvalue weighted by Crippen LogP contribution is 2.28. The van der Waals surface area contributed by atoms with E-state index in [9.17, 15) is 0 Å². The Bertz CT molecular complexity index is 717. The molecule has 0 bridgehead atoms. The molecule has 3 aromatic rings. The molecule has 5 nitrogen and oxygen atoms in total. The molecule has 92 valence electrons. The van der Waals surface area contributed by atoms with Crippen LogP contribution in [0.4, 0.5) is 5.95 Å². The van der Waals surface area contributed by atoms with Gasteiger partial charge in [0.2, 0.25) is 5.95 Å². The van der Waals surface area contributed by atoms with Gasteiger partial charge in [-0.3, -0.25) is 0 Å². The summed E-state index contributed by atoms with van der Waals surface area (Å²) < 4.78 is 2.87. The monoisotopic (exact) mass is 371 g/mol. The lowest BCUT2D eigenvalue weighted by molar-refractivity contribution is 0.853. The van der Waals surface area contributed by atoms with Crippen molar-refractivity contribution in [3.63, 3.8) is 0 Å². The van der Waals surface area contributed by atoms with Crippen molar-refractivity contribution in [2.24, 2.45) is 0 Å². The molecule has 18 heavy (non-hydrogen) atoms. The van der Waals surface area contributed by atoms with E-state index in [2.05, 4.69) is 56.0 Å². The Kier molecular flexibility index (Phi) is 2.94. The van der Waals surface area contributed by atoms with E-state index < -0.39 is 0 Å². The lowest BCUT2D eigenvalue weighted by Crippen LogP contribution is -2.03. The predicted molar refractivity (Wildman–Crippen MR) is 81.5 cm³/mol. The topological polar surface area (TPSA) is 55.6 Å². The molecule has 1 N–H and O–H groups in total. The van der Waals surface area contributed by atoms with Gasteiger partial charge in [0.15, 0.2) is 5.82 Å². The van der Waals surface area contributed by atoms with Gasteiger partial charge in [0.05, 0.1) is 15.2 Å². The number of aryl methyl sites for hydroxylation is 1. The van der Waals surface area contributed by atoms with Crippen molar-refractivity contribution in [1.82, 2.24) is 19.7 Å². The van der Waals surface area contributed by atoms with Crippen molar-refractivity contribution >= 4 is 50.1 Å². The Morgan fingerprint density at radius 1 is 1.39 bits per heavy atom. The highest BCUT2D eigenvalue weighted by molar-refractivity contribution is 14.1. The van der Waals surface area contributed by atoms with E-state index in [0.717, 1.165) is 19.6 Å². The van der Waals surface area contributed by atoms with E-state index >= 15 is 0 Å². The van der Waals surface area contributed by atoms with Gasteiger partial charge in [-0.2, -0.15) is 10.1 Å². The van der Waals surface area contributed by atoms with Crippen molar-refractivity contribution in [3.8, 4) is 5.82 Å². The maximum absolute atomic E-state index is 4.50. The molecule has 0 saturated heterocycles. The van der Waals surface area contributed by atoms with E-state index in [1.807, 2.05) is 19.4 Å². The number of nitrogens with one attached hydrogen (secondary N) is 1. The lowest BCUT2D eigenvalue weighted by Gasteiger charge is -2.04. The van der Waals surface area contributed by atoms with E-state index in [1.165, 1.54) is 4.88 Å². The largest absolute Gasteiger partial charge is 0.357 e. The number of hydrogen-bond donors (Lipinski definition) is 1. The minimum atomic E-state index is 0.616. The number of fused-ring (bicyclic) bond motifs is 1. The first-order valence-corrected chi connectivity index (χ1v) is 7.23. The highest BCUT2D eigenvalue weighted by atomic mass is 127. The van der Waals surface area contributed by atoms with Crippen LogP contribution < -0.4 is 5.32 Å². The summed E-state index contributed by atoms with van der Waals surface area (Å²) in [6, 6.07) is 2.10. The van der Waals surface area contributed by atoms with E-state index in [0.29, 0.717) is 5.95 Å². The number of rotatable bonds is 2. The number of halogens is 1. The second-order valence-electron chi connectivity index (χ2n) is 3.80. The van der Waals surface area contributed by atoms with Gasteiger partial charge in [-0.25, -0.2) is 9.67 Å². The molecule has 3 rings (SSSR count). The van der Waals surface area contributed by atoms with Crippen molar-refractivity contribution in [2.45, 2.75) is 6.92 Å². The fourth-order valence-corrected chi connectivity index (χ4v) is 2.99. The number of thiophene rings is 1. The Balaban J connectivity index is 2.31. The molecule has 0 aliphatic rings. The van der Waals surface area contributed by atoms with Gasteiger partial charge in [0, 0.05) is 18.1 Å². The molecule has 7 heteroatoms. The standard InChI is InChI=1S/C11H10IN5S/c1-6-3-8-9(17-5-7(12)4-14-17)15-11(13-2)16-10(8)18-6/h3-5H,1-2H3,(H,13,15,16). The summed E-state index contributed by atoms with van der Waals surface area (Å²) in [4.78, 5) is 11.2. The molecule has 0 fully saturated rings. The van der Waals surface area contributed by atoms with Crippen molar-refractivity contribution in [1.29, 1.82) is 0 Å². The SMILES string of the molecule is CNc1nc(-n2cc(I)cn2)c2cc(C)sc2n1. The summed E-state index contributed by atoms with van der Waals surface area (Å²) >= 11 is 3.90. The van der Waals surface area contributed by atoms with Crippen molar-refractivity contribution in [2.75, 3.05) is 12.4 Å². The Morgan fingerprint density at radius 2 is 2.22 bits per heavy atom. The summed E-state index contributed by atoms with van der Waals surface area (Å²) in [5, 5.41) is 8.34. The van der Waals surface area contributed by atoms with Crippen LogP contribution in [-0.4, -0.2) is 26.8 Å². The molecular formula is C11H10IN5S. The fraction of sp³-hybridized carbons (Fsp3) is 0.182. The fourth-order valence-electron chi connectivity index (χ4n) is 1.73. The molecule has 0 saturated carbocycles. The van der Waals surface area contributed by atoms with Crippen LogP contribution in [0, 0.1) is 10.5 Å². The van der Waals surface area contributed by atoms with Gasteiger partial charge in [0.25, 0.3) is 0 Å². The molecule has 0 spiro atoms. The third-order valence-corrected chi connectivity index (χ3v) is 3.99. The van der Waals surface area contributed by atoms with Crippen LogP contribution in [0.2, 0.25) is 0 Å². The molecule has 3 heterocycles. The maximum atomic E-state index is 4.50. The number of hydrogen-bond acceptors (Lipinski definition) is 5. The van der Waals surface area contributed by atoms with Crippen LogP contribution in [0.1, 0.15) is 4.88 Å². The van der Waals surface area contributed by atoms with Gasteiger partial charge >= 0.3 is 0 Å². The van der Waals surface area contributed by atoms with Crippen LogP contribution >= 0.6 is 33.9 Å². The summed E-state index contributed by atoms with van der Waals surface area (Å²) in [5.41, 5.74) is 0. The average Bonchev–Trinajstić information content (AvgIpc) is 2.92. The first-order valence-electron chi connectivity index (χ1n) is 5.34. The van der Waals surface area contributed by atoms with Crippen molar-refractivity contribution < 1.29 is 0 Å². The molecule has 0 atom stereocenters. The zero-order valence-electron chi connectivity index (χ0n) is 9.81. The van der Waals surface area contributed by atoms with Gasteiger partial charge in [-0.1, -0.05) is 0 Å². The molecule has 0 unspecified atom stereocenters. The van der Waals surface area contributed by atoms with Gasteiger partial charge in [-0.05, 0) is 35.6 Å². The first kappa shape index (κ1) is 11.8. The summed E-state index contributed by atoms with van der Waals surface area (Å²) in [6.07, 6.45) is 3.77. The Morgan fingerprint density at radius 3 is 2.89 bits per heavy atom. The maximum Gasteiger partial charge on any atom is 0.225 e. The quantitative estimate of drug-likeness (QED) is 0.704. The van der Waals surface area contributed by atoms with E-state index in [-0.39, 0.29) is 0 Å². The third-order valence-electron chi connectivity index (χ3n) is 2.49. The van der Waals surface area contributed by atoms with Crippen LogP contribution in [0.25, 0.3) is 16.0 Å². The number of aromatic nitrogens is 4. The van der Waals surface area contributed by atoms with Crippen LogP contribution in [0.5, 0.6) is 0 Å². The molecule has 0 radical (unpaired) electrons. The lowest BCUT2D eigenvalue weighted by atomic mass is 10.3. The average molecular weight is 371 g/mol. The normalized spacial score (nSPS) is 11.1. The highest BCUT2D eigenvalue weighted by Gasteiger charge is 2.12. The minimum absolute atomic E-state index is 0.616. The van der Waals surface area contributed by atoms with Crippen LogP contribution in [0.15, 0.2) is 18.5 Å². The van der Waals surface area contributed by atoms with E-state index in [1.54, 1.807) is 16.0 Å². The molecule has 3 aromatic heterocycles. The van der Waals surface area contributed by atoms with E-state index in [4.69, 9.17) is 0 Å². The first-order chi connectivity index (χ1) is 8.67. The Labute approximate surface area is 121 Å². The molecule has 0 aromatic carbocycles. The summed E-state index contributed by atoms with van der Waals surface area (Å²) in [7, 11) is 1.82. The smallest absolute Gasteiger partial charge is 0.225 e. The van der Waals surface area contributed by atoms with Crippen LogP contribution in [0.3, 0.4) is 0 Å². The minimum Gasteiger partial charge on any atom is -0.357 e. The number of anilines is 1. The summed E-state index contributed by atoms with van der Waals surface area (Å²) in [6.45, 7) is 2.07. The molecule has 0 aliphatic heterocycles. The summed E-state index contributed by atoms with van der Waals surface area (Å²) in [5.74, 6) is 1.43. The zero-order valence-corrected chi connectivity index (χ0v) is 12.8.